The zero-order valence-electron chi connectivity index (χ0n) is 9.94. The molecule has 0 aliphatic carbocycles. The van der Waals surface area contributed by atoms with Crippen molar-refractivity contribution in [2.75, 3.05) is 6.61 Å². The highest BCUT2D eigenvalue weighted by Gasteiger charge is 2.26. The second-order valence-electron chi connectivity index (χ2n) is 4.50. The largest absolute Gasteiger partial charge is 0.486 e. The molecule has 6 heteroatoms. The lowest BCUT2D eigenvalue weighted by molar-refractivity contribution is 0.112. The van der Waals surface area contributed by atoms with Crippen molar-refractivity contribution < 1.29 is 18.3 Å². The fraction of sp³-hybridized carbons (Fsp3) is 0.231. The van der Waals surface area contributed by atoms with Gasteiger partial charge in [-0.3, -0.25) is 9.59 Å². The lowest BCUT2D eigenvalue weighted by Gasteiger charge is -2.26. The van der Waals surface area contributed by atoms with E-state index in [0.717, 1.165) is 6.07 Å². The summed E-state index contributed by atoms with van der Waals surface area (Å²) in [5.41, 5.74) is -0.523. The van der Waals surface area contributed by atoms with Crippen molar-refractivity contribution >= 4 is 17.2 Å². The molecule has 1 unspecified atom stereocenters. The highest BCUT2D eigenvalue weighted by atomic mass is 19.2. The Morgan fingerprint density at radius 2 is 2.21 bits per heavy atom. The van der Waals surface area contributed by atoms with Gasteiger partial charge in [0.15, 0.2) is 23.3 Å². The van der Waals surface area contributed by atoms with Crippen LogP contribution in [0.15, 0.2) is 17.1 Å². The van der Waals surface area contributed by atoms with Gasteiger partial charge in [-0.2, -0.15) is 4.39 Å². The molecule has 2 aromatic rings. The summed E-state index contributed by atoms with van der Waals surface area (Å²) in [4.78, 5) is 22.9. The van der Waals surface area contributed by atoms with Crippen LogP contribution in [-0.2, 0) is 0 Å². The molecular weight excluding hydrogens is 256 g/mol. The molecule has 0 N–H and O–H groups in total. The summed E-state index contributed by atoms with van der Waals surface area (Å²) < 4.78 is 33.9. The Morgan fingerprint density at radius 3 is 2.89 bits per heavy atom. The molecule has 1 aromatic carbocycles. The molecule has 0 fully saturated rings. The summed E-state index contributed by atoms with van der Waals surface area (Å²) in [5, 5.41) is -0.0509. The molecule has 1 atom stereocenters. The van der Waals surface area contributed by atoms with Gasteiger partial charge in [0.05, 0.1) is 22.5 Å². The monoisotopic (exact) mass is 265 g/mol. The third-order valence-corrected chi connectivity index (χ3v) is 3.26. The normalized spacial score (nSPS) is 17.3. The minimum atomic E-state index is -1.16. The van der Waals surface area contributed by atoms with Crippen LogP contribution in [0.5, 0.6) is 5.75 Å². The summed E-state index contributed by atoms with van der Waals surface area (Å²) in [6.45, 7) is 1.94. The van der Waals surface area contributed by atoms with Crippen LogP contribution >= 0.6 is 0 Å². The van der Waals surface area contributed by atoms with E-state index in [9.17, 15) is 18.4 Å². The van der Waals surface area contributed by atoms with E-state index in [4.69, 9.17) is 4.74 Å². The van der Waals surface area contributed by atoms with Crippen molar-refractivity contribution in [3.05, 3.63) is 39.7 Å². The molecule has 98 valence electrons. The number of rotatable bonds is 1. The molecule has 1 aliphatic rings. The smallest absolute Gasteiger partial charge is 0.202 e. The summed E-state index contributed by atoms with van der Waals surface area (Å²) in [7, 11) is 0. The molecule has 0 saturated carbocycles. The highest BCUT2D eigenvalue weighted by molar-refractivity contribution is 5.90. The average molecular weight is 265 g/mol. The molecule has 1 aliphatic heterocycles. The van der Waals surface area contributed by atoms with Gasteiger partial charge in [0.25, 0.3) is 0 Å². The molecule has 19 heavy (non-hydrogen) atoms. The zero-order valence-corrected chi connectivity index (χ0v) is 9.94. The Hall–Kier alpha value is -2.24. The lowest BCUT2D eigenvalue weighted by atomic mass is 10.1. The van der Waals surface area contributed by atoms with Gasteiger partial charge in [0.1, 0.15) is 6.61 Å². The number of carbonyl (C=O) groups excluding carboxylic acids is 1. The van der Waals surface area contributed by atoms with Crippen molar-refractivity contribution in [2.24, 2.45) is 0 Å². The van der Waals surface area contributed by atoms with Crippen LogP contribution in [0.3, 0.4) is 0 Å². The molecule has 1 aromatic heterocycles. The number of nitrogens with zero attached hydrogens (tertiary/aromatic N) is 1. The van der Waals surface area contributed by atoms with Crippen LogP contribution in [0, 0.1) is 11.6 Å². The maximum atomic E-state index is 13.7. The minimum absolute atomic E-state index is 0.0509. The number of carbonyl (C=O) groups is 1. The third kappa shape index (κ3) is 1.49. The van der Waals surface area contributed by atoms with Crippen molar-refractivity contribution in [3.63, 3.8) is 0 Å². The van der Waals surface area contributed by atoms with E-state index >= 15 is 0 Å². The van der Waals surface area contributed by atoms with E-state index in [2.05, 4.69) is 0 Å². The Balaban J connectivity index is 2.59. The first-order valence-corrected chi connectivity index (χ1v) is 5.69. The molecule has 0 bridgehead atoms. The van der Waals surface area contributed by atoms with Gasteiger partial charge in [0, 0.05) is 6.20 Å². The van der Waals surface area contributed by atoms with Gasteiger partial charge in [-0.15, -0.1) is 0 Å². The molecule has 0 amide bonds. The number of halogens is 2. The van der Waals surface area contributed by atoms with E-state index in [1.165, 1.54) is 6.20 Å². The van der Waals surface area contributed by atoms with Gasteiger partial charge in [-0.25, -0.2) is 4.39 Å². The predicted molar refractivity (Wildman–Crippen MR) is 63.7 cm³/mol. The summed E-state index contributed by atoms with van der Waals surface area (Å²) >= 11 is 0. The lowest BCUT2D eigenvalue weighted by Crippen LogP contribution is -2.25. The maximum absolute atomic E-state index is 13.7. The standard InChI is InChI=1S/C13H9F2NO3/c1-6-5-19-13-10(15)9(14)2-8-11(13)16(6)3-7(4-17)12(8)18/h2-4,6H,5H2,1H3. The van der Waals surface area contributed by atoms with Gasteiger partial charge in [-0.05, 0) is 13.0 Å². The molecular formula is C13H9F2NO3. The zero-order chi connectivity index (χ0) is 13.7. The Morgan fingerprint density at radius 1 is 1.47 bits per heavy atom. The first-order chi connectivity index (χ1) is 9.04. The van der Waals surface area contributed by atoms with Gasteiger partial charge < -0.3 is 9.30 Å². The van der Waals surface area contributed by atoms with Gasteiger partial charge in [0.2, 0.25) is 5.82 Å². The number of aldehydes is 1. The van der Waals surface area contributed by atoms with Crippen molar-refractivity contribution in [2.45, 2.75) is 13.0 Å². The first-order valence-electron chi connectivity index (χ1n) is 5.69. The fourth-order valence-electron chi connectivity index (χ4n) is 2.30. The Bertz CT molecular complexity index is 767. The van der Waals surface area contributed by atoms with Crippen LogP contribution < -0.4 is 10.2 Å². The second kappa shape index (κ2) is 3.88. The van der Waals surface area contributed by atoms with E-state index < -0.39 is 17.1 Å². The van der Waals surface area contributed by atoms with Crippen LogP contribution in [0.4, 0.5) is 8.78 Å². The number of hydrogen-bond acceptors (Lipinski definition) is 3. The number of pyridine rings is 1. The Kier molecular flexibility index (Phi) is 2.41. The molecule has 4 nitrogen and oxygen atoms in total. The topological polar surface area (TPSA) is 48.3 Å². The first kappa shape index (κ1) is 11.8. The van der Waals surface area contributed by atoms with Crippen molar-refractivity contribution in [1.29, 1.82) is 0 Å². The van der Waals surface area contributed by atoms with Crippen molar-refractivity contribution in [1.82, 2.24) is 4.57 Å². The van der Waals surface area contributed by atoms with E-state index in [-0.39, 0.29) is 34.9 Å². The van der Waals surface area contributed by atoms with Gasteiger partial charge in [-0.1, -0.05) is 0 Å². The minimum Gasteiger partial charge on any atom is -0.486 e. The number of benzene rings is 1. The number of ether oxygens (including phenoxy) is 1. The van der Waals surface area contributed by atoms with E-state index in [0.29, 0.717) is 6.29 Å². The van der Waals surface area contributed by atoms with Crippen LogP contribution in [0.2, 0.25) is 0 Å². The summed E-state index contributed by atoms with van der Waals surface area (Å²) in [6, 6.07) is 0.626. The van der Waals surface area contributed by atoms with E-state index in [1.807, 2.05) is 0 Å². The quantitative estimate of drug-likeness (QED) is 0.741. The Labute approximate surface area is 106 Å². The summed E-state index contributed by atoms with van der Waals surface area (Å²) in [6.07, 6.45) is 1.76. The van der Waals surface area contributed by atoms with Crippen molar-refractivity contribution in [3.8, 4) is 5.75 Å². The predicted octanol–water partition coefficient (Wildman–Crippen LogP) is 2.05. The average Bonchev–Trinajstić information content (AvgIpc) is 2.40. The highest BCUT2D eigenvalue weighted by Crippen LogP contribution is 2.34. The van der Waals surface area contributed by atoms with E-state index in [1.54, 1.807) is 11.5 Å². The van der Waals surface area contributed by atoms with Gasteiger partial charge >= 0.3 is 0 Å². The number of hydrogen-bond donors (Lipinski definition) is 0. The van der Waals surface area contributed by atoms with Crippen LogP contribution in [0.25, 0.3) is 10.9 Å². The second-order valence-corrected chi connectivity index (χ2v) is 4.50. The molecule has 2 heterocycles. The van der Waals surface area contributed by atoms with Crippen LogP contribution in [0.1, 0.15) is 23.3 Å². The fourth-order valence-corrected chi connectivity index (χ4v) is 2.30. The maximum Gasteiger partial charge on any atom is 0.202 e. The molecule has 0 radical (unpaired) electrons. The SMILES string of the molecule is CC1COc2c(F)c(F)cc3c(=O)c(C=O)cn1c23. The molecule has 0 spiro atoms. The molecule has 0 saturated heterocycles. The molecule has 3 rings (SSSR count). The van der Waals surface area contributed by atoms with Crippen LogP contribution in [-0.4, -0.2) is 17.5 Å². The summed E-state index contributed by atoms with van der Waals surface area (Å²) in [5.74, 6) is -2.56. The number of aromatic nitrogens is 1. The third-order valence-electron chi connectivity index (χ3n) is 3.26.